The second kappa shape index (κ2) is 4.33. The molecule has 2 N–H and O–H groups in total. The van der Waals surface area contributed by atoms with E-state index in [1.54, 1.807) is 6.92 Å². The van der Waals surface area contributed by atoms with Crippen molar-refractivity contribution in [3.8, 4) is 11.8 Å². The fourth-order valence-corrected chi connectivity index (χ4v) is 5.34. The first-order valence-corrected chi connectivity index (χ1v) is 7.70. The molecular formula is C16H21N3O. The fraction of sp³-hybridized carbons (Fsp3) is 0.750. The SMILES string of the molecule is CC#Cc1nnc(C(N)C23CC4CC(CC(C4)C2)C3)o1. The first kappa shape index (κ1) is 12.4. The molecule has 5 rings (SSSR count). The lowest BCUT2D eigenvalue weighted by Gasteiger charge is -2.58. The van der Waals surface area contributed by atoms with Gasteiger partial charge in [0.05, 0.1) is 6.04 Å². The zero-order valence-corrected chi connectivity index (χ0v) is 11.9. The molecule has 0 saturated heterocycles. The monoisotopic (exact) mass is 271 g/mol. The quantitative estimate of drug-likeness (QED) is 0.840. The van der Waals surface area contributed by atoms with Gasteiger partial charge < -0.3 is 10.2 Å². The molecule has 4 aliphatic rings. The number of nitrogens with two attached hydrogens (primary N) is 1. The van der Waals surface area contributed by atoms with Crippen molar-refractivity contribution in [2.45, 2.75) is 51.5 Å². The Hall–Kier alpha value is -1.34. The van der Waals surface area contributed by atoms with Gasteiger partial charge in [-0.25, -0.2) is 0 Å². The molecule has 4 bridgehead atoms. The number of rotatable bonds is 2. The third-order valence-electron chi connectivity index (χ3n) is 5.68. The Balaban J connectivity index is 1.63. The maximum Gasteiger partial charge on any atom is 0.293 e. The largest absolute Gasteiger partial charge is 0.413 e. The predicted octanol–water partition coefficient (Wildman–Crippen LogP) is 2.66. The van der Waals surface area contributed by atoms with Gasteiger partial charge in [-0.15, -0.1) is 5.10 Å². The molecule has 106 valence electrons. The number of hydrogen-bond acceptors (Lipinski definition) is 4. The molecule has 4 nitrogen and oxygen atoms in total. The summed E-state index contributed by atoms with van der Waals surface area (Å²) in [5.74, 6) is 9.21. The van der Waals surface area contributed by atoms with Crippen LogP contribution in [0.15, 0.2) is 4.42 Å². The maximum atomic E-state index is 6.56. The zero-order chi connectivity index (χ0) is 13.7. The van der Waals surface area contributed by atoms with Crippen molar-refractivity contribution < 1.29 is 4.42 Å². The minimum absolute atomic E-state index is 0.115. The minimum Gasteiger partial charge on any atom is -0.413 e. The smallest absolute Gasteiger partial charge is 0.293 e. The van der Waals surface area contributed by atoms with Crippen LogP contribution >= 0.6 is 0 Å². The lowest BCUT2D eigenvalue weighted by atomic mass is 9.48. The standard InChI is InChI=1S/C16H21N3O/c1-2-3-13-18-19-15(20-13)14(17)16-7-10-4-11(8-16)6-12(5-10)9-16/h10-12,14H,4-9,17H2,1H3. The van der Waals surface area contributed by atoms with Crippen molar-refractivity contribution in [1.29, 1.82) is 0 Å². The van der Waals surface area contributed by atoms with E-state index in [1.165, 1.54) is 38.5 Å². The van der Waals surface area contributed by atoms with E-state index in [9.17, 15) is 0 Å². The van der Waals surface area contributed by atoms with Crippen LogP contribution in [0.2, 0.25) is 0 Å². The molecular weight excluding hydrogens is 250 g/mol. The lowest BCUT2D eigenvalue weighted by molar-refractivity contribution is -0.0718. The molecule has 1 atom stereocenters. The van der Waals surface area contributed by atoms with E-state index in [0.717, 1.165) is 17.8 Å². The molecule has 4 aliphatic carbocycles. The van der Waals surface area contributed by atoms with Gasteiger partial charge in [-0.05, 0) is 74.5 Å². The van der Waals surface area contributed by atoms with Gasteiger partial charge in [-0.1, -0.05) is 11.0 Å². The summed E-state index contributed by atoms with van der Waals surface area (Å²) in [4.78, 5) is 0. The van der Waals surface area contributed by atoms with Crippen molar-refractivity contribution in [2.75, 3.05) is 0 Å². The van der Waals surface area contributed by atoms with Gasteiger partial charge in [-0.2, -0.15) is 0 Å². The van der Waals surface area contributed by atoms with Gasteiger partial charge >= 0.3 is 0 Å². The molecule has 4 heteroatoms. The van der Waals surface area contributed by atoms with E-state index < -0.39 is 0 Å². The molecule has 1 aromatic heterocycles. The summed E-state index contributed by atoms with van der Waals surface area (Å²) < 4.78 is 5.65. The summed E-state index contributed by atoms with van der Waals surface area (Å²) in [6.45, 7) is 1.77. The van der Waals surface area contributed by atoms with Crippen LogP contribution in [0.5, 0.6) is 0 Å². The van der Waals surface area contributed by atoms with Crippen molar-refractivity contribution in [3.63, 3.8) is 0 Å². The van der Waals surface area contributed by atoms with E-state index >= 15 is 0 Å². The number of hydrogen-bond donors (Lipinski definition) is 1. The molecule has 1 heterocycles. The summed E-state index contributed by atoms with van der Waals surface area (Å²) in [6, 6.07) is -0.115. The summed E-state index contributed by atoms with van der Waals surface area (Å²) in [5.41, 5.74) is 6.77. The molecule has 0 radical (unpaired) electrons. The third-order valence-corrected chi connectivity index (χ3v) is 5.68. The highest BCUT2D eigenvalue weighted by molar-refractivity contribution is 5.16. The molecule has 0 amide bonds. The van der Waals surface area contributed by atoms with E-state index in [2.05, 4.69) is 22.0 Å². The second-order valence-corrected chi connectivity index (χ2v) is 7.08. The number of nitrogens with zero attached hydrogens (tertiary/aromatic N) is 2. The molecule has 4 fully saturated rings. The third kappa shape index (κ3) is 1.80. The Morgan fingerprint density at radius 1 is 1.15 bits per heavy atom. The summed E-state index contributed by atoms with van der Waals surface area (Å²) in [5, 5.41) is 8.13. The molecule has 0 aliphatic heterocycles. The van der Waals surface area contributed by atoms with E-state index in [0.29, 0.717) is 11.8 Å². The average molecular weight is 271 g/mol. The van der Waals surface area contributed by atoms with Gasteiger partial charge in [0.1, 0.15) is 0 Å². The van der Waals surface area contributed by atoms with Crippen LogP contribution in [-0.2, 0) is 0 Å². The first-order valence-electron chi connectivity index (χ1n) is 7.70. The molecule has 20 heavy (non-hydrogen) atoms. The van der Waals surface area contributed by atoms with Crippen LogP contribution in [0, 0.1) is 35.0 Å². The van der Waals surface area contributed by atoms with Gasteiger partial charge in [-0.3, -0.25) is 0 Å². The lowest BCUT2D eigenvalue weighted by Crippen LogP contribution is -2.50. The van der Waals surface area contributed by atoms with E-state index in [-0.39, 0.29) is 11.5 Å². The van der Waals surface area contributed by atoms with Crippen LogP contribution in [-0.4, -0.2) is 10.2 Å². The van der Waals surface area contributed by atoms with Gasteiger partial charge in [0.15, 0.2) is 0 Å². The zero-order valence-electron chi connectivity index (χ0n) is 11.9. The van der Waals surface area contributed by atoms with E-state index in [1.807, 2.05) is 0 Å². The van der Waals surface area contributed by atoms with Gasteiger partial charge in [0.25, 0.3) is 5.89 Å². The highest BCUT2D eigenvalue weighted by Gasteiger charge is 2.54. The molecule has 4 saturated carbocycles. The van der Waals surface area contributed by atoms with Crippen LogP contribution in [0.4, 0.5) is 0 Å². The van der Waals surface area contributed by atoms with Crippen molar-refractivity contribution in [2.24, 2.45) is 28.9 Å². The molecule has 0 spiro atoms. The Morgan fingerprint density at radius 3 is 2.30 bits per heavy atom. The van der Waals surface area contributed by atoms with Gasteiger partial charge in [0, 0.05) is 0 Å². The molecule has 1 aromatic rings. The Morgan fingerprint density at radius 2 is 1.75 bits per heavy atom. The summed E-state index contributed by atoms with van der Waals surface area (Å²) in [6.07, 6.45) is 8.00. The summed E-state index contributed by atoms with van der Waals surface area (Å²) in [7, 11) is 0. The Kier molecular flexibility index (Phi) is 2.68. The Labute approximate surface area is 119 Å². The van der Waals surface area contributed by atoms with Crippen molar-refractivity contribution in [3.05, 3.63) is 11.8 Å². The summed E-state index contributed by atoms with van der Waals surface area (Å²) >= 11 is 0. The average Bonchev–Trinajstić information content (AvgIpc) is 2.85. The minimum atomic E-state index is -0.115. The van der Waals surface area contributed by atoms with Gasteiger partial charge in [0.2, 0.25) is 5.89 Å². The van der Waals surface area contributed by atoms with Crippen LogP contribution in [0.25, 0.3) is 0 Å². The topological polar surface area (TPSA) is 64.9 Å². The van der Waals surface area contributed by atoms with Crippen molar-refractivity contribution in [1.82, 2.24) is 10.2 Å². The second-order valence-electron chi connectivity index (χ2n) is 7.08. The predicted molar refractivity (Wildman–Crippen MR) is 74.4 cm³/mol. The number of aromatic nitrogens is 2. The highest BCUT2D eigenvalue weighted by atomic mass is 16.4. The first-order chi connectivity index (χ1) is 9.68. The van der Waals surface area contributed by atoms with Crippen LogP contribution in [0.3, 0.4) is 0 Å². The fourth-order valence-electron chi connectivity index (χ4n) is 5.34. The maximum absolute atomic E-state index is 6.56. The molecule has 0 aromatic carbocycles. The van der Waals surface area contributed by atoms with E-state index in [4.69, 9.17) is 10.2 Å². The highest BCUT2D eigenvalue weighted by Crippen LogP contribution is 2.63. The van der Waals surface area contributed by atoms with Crippen LogP contribution in [0.1, 0.15) is 63.3 Å². The van der Waals surface area contributed by atoms with Crippen LogP contribution < -0.4 is 5.73 Å². The van der Waals surface area contributed by atoms with Crippen molar-refractivity contribution >= 4 is 0 Å². The molecule has 1 unspecified atom stereocenters. The normalized spacial score (nSPS) is 39.4. The Bertz CT molecular complexity index is 545.